The Morgan fingerprint density at radius 1 is 1.16 bits per heavy atom. The van der Waals surface area contributed by atoms with Gasteiger partial charge in [0.25, 0.3) is 0 Å². The Morgan fingerprint density at radius 2 is 1.79 bits per heavy atom. The normalized spacial score (nSPS) is 10.3. The quantitative estimate of drug-likeness (QED) is 0.631. The summed E-state index contributed by atoms with van der Waals surface area (Å²) in [6.45, 7) is 11.2. The zero-order valence-corrected chi connectivity index (χ0v) is 13.5. The number of nitrogens with two attached hydrogens (primary N) is 1. The first-order valence-corrected chi connectivity index (χ1v) is 7.44. The zero-order valence-electron chi connectivity index (χ0n) is 13.5. The molecule has 120 valence electrons. The molecule has 0 bridgehead atoms. The molecular formula is C14H38N4O. The third-order valence-corrected chi connectivity index (χ3v) is 2.54. The summed E-state index contributed by atoms with van der Waals surface area (Å²) in [6, 6.07) is 0. The number of nitrogens with zero attached hydrogens (tertiary/aromatic N) is 2. The predicted molar refractivity (Wildman–Crippen MR) is 87.5 cm³/mol. The summed E-state index contributed by atoms with van der Waals surface area (Å²) in [6.07, 6.45) is 1.52. The van der Waals surface area contributed by atoms with Gasteiger partial charge in [-0.05, 0) is 20.5 Å². The largest absolute Gasteiger partial charge is 0.355 e. The molecule has 0 unspecified atom stereocenters. The average Bonchev–Trinajstić information content (AvgIpc) is 2.38. The van der Waals surface area contributed by atoms with Gasteiger partial charge in [0, 0.05) is 48.5 Å². The molecule has 19 heavy (non-hydrogen) atoms. The van der Waals surface area contributed by atoms with Crippen LogP contribution in [0, 0.1) is 0 Å². The average molecular weight is 278 g/mol. The van der Waals surface area contributed by atoms with Crippen LogP contribution in [-0.4, -0.2) is 69.1 Å². The fourth-order valence-electron chi connectivity index (χ4n) is 1.53. The van der Waals surface area contributed by atoms with E-state index in [-0.39, 0.29) is 8.76 Å². The van der Waals surface area contributed by atoms with Gasteiger partial charge in [0.1, 0.15) is 0 Å². The fraction of sp³-hybridized carbons (Fsp3) is 0.929. The SMILES string of the molecule is CC.CCCC(=O)NCCN(CCN)CCN(C)C.[HH].[HH]. The van der Waals surface area contributed by atoms with Crippen molar-refractivity contribution < 1.29 is 7.65 Å². The van der Waals surface area contributed by atoms with Crippen molar-refractivity contribution in [3.05, 3.63) is 0 Å². The minimum absolute atomic E-state index is 0. The van der Waals surface area contributed by atoms with E-state index in [0.717, 1.165) is 32.6 Å². The lowest BCUT2D eigenvalue weighted by Crippen LogP contribution is -2.40. The second-order valence-electron chi connectivity index (χ2n) is 4.53. The van der Waals surface area contributed by atoms with Crippen LogP contribution in [0.25, 0.3) is 0 Å². The predicted octanol–water partition coefficient (Wildman–Crippen LogP) is 1.24. The van der Waals surface area contributed by atoms with Gasteiger partial charge in [0.15, 0.2) is 0 Å². The minimum atomic E-state index is 0. The third-order valence-electron chi connectivity index (χ3n) is 2.54. The highest BCUT2D eigenvalue weighted by Gasteiger charge is 2.05. The molecule has 0 heterocycles. The van der Waals surface area contributed by atoms with E-state index in [1.165, 1.54) is 0 Å². The number of hydrogen-bond acceptors (Lipinski definition) is 4. The number of rotatable bonds is 10. The first-order valence-electron chi connectivity index (χ1n) is 7.44. The Balaban J connectivity index is -0.000000344. The lowest BCUT2D eigenvalue weighted by atomic mass is 10.3. The molecule has 0 aliphatic carbocycles. The van der Waals surface area contributed by atoms with E-state index in [1.807, 2.05) is 20.8 Å². The Bertz CT molecular complexity index is 207. The maximum atomic E-state index is 11.3. The summed E-state index contributed by atoms with van der Waals surface area (Å²) in [5, 5.41) is 2.93. The topological polar surface area (TPSA) is 61.6 Å². The molecule has 0 radical (unpaired) electrons. The van der Waals surface area contributed by atoms with Gasteiger partial charge in [-0.3, -0.25) is 9.69 Å². The van der Waals surface area contributed by atoms with Crippen LogP contribution in [0.3, 0.4) is 0 Å². The van der Waals surface area contributed by atoms with Crippen LogP contribution in [-0.2, 0) is 4.79 Å². The molecule has 5 heteroatoms. The standard InChI is InChI=1S/C12H28N4O.C2H6.2H2/c1-4-5-12(17)14-7-9-16(8-6-13)11-10-15(2)3;1-2;;/h4-11,13H2,1-3H3,(H,14,17);1-2H3;2*1H. The van der Waals surface area contributed by atoms with Gasteiger partial charge >= 0.3 is 0 Å². The summed E-state index contributed by atoms with van der Waals surface area (Å²) >= 11 is 0. The Labute approximate surface area is 122 Å². The van der Waals surface area contributed by atoms with E-state index in [0.29, 0.717) is 19.5 Å². The van der Waals surface area contributed by atoms with Crippen LogP contribution < -0.4 is 11.1 Å². The van der Waals surface area contributed by atoms with Gasteiger partial charge in [-0.2, -0.15) is 0 Å². The summed E-state index contributed by atoms with van der Waals surface area (Å²) < 4.78 is 0. The van der Waals surface area contributed by atoms with Crippen molar-refractivity contribution in [1.82, 2.24) is 15.1 Å². The molecule has 0 atom stereocenters. The van der Waals surface area contributed by atoms with E-state index in [2.05, 4.69) is 29.2 Å². The van der Waals surface area contributed by atoms with Crippen LogP contribution in [0.5, 0.6) is 0 Å². The second kappa shape index (κ2) is 15.4. The molecule has 0 saturated carbocycles. The molecule has 1 amide bonds. The first-order chi connectivity index (χ1) is 9.10. The van der Waals surface area contributed by atoms with Crippen molar-refractivity contribution >= 4 is 5.91 Å². The van der Waals surface area contributed by atoms with Crippen LogP contribution in [0.2, 0.25) is 0 Å². The van der Waals surface area contributed by atoms with Crippen molar-refractivity contribution in [3.63, 3.8) is 0 Å². The molecule has 0 saturated heterocycles. The number of carbonyl (C=O) groups is 1. The molecule has 0 fully saturated rings. The van der Waals surface area contributed by atoms with Crippen LogP contribution >= 0.6 is 0 Å². The van der Waals surface area contributed by atoms with Crippen LogP contribution in [0.15, 0.2) is 0 Å². The molecular weight excluding hydrogens is 240 g/mol. The highest BCUT2D eigenvalue weighted by atomic mass is 16.1. The molecule has 0 aromatic carbocycles. The van der Waals surface area contributed by atoms with Gasteiger partial charge in [-0.15, -0.1) is 0 Å². The Kier molecular flexibility index (Phi) is 16.8. The van der Waals surface area contributed by atoms with Crippen molar-refractivity contribution in [2.75, 3.05) is 53.4 Å². The molecule has 0 spiro atoms. The molecule has 3 N–H and O–H groups in total. The highest BCUT2D eigenvalue weighted by Crippen LogP contribution is 1.89. The maximum absolute atomic E-state index is 11.3. The van der Waals surface area contributed by atoms with Gasteiger partial charge in [0.2, 0.25) is 5.91 Å². The monoisotopic (exact) mass is 278 g/mol. The molecule has 0 rings (SSSR count). The number of likely N-dealkylation sites (N-methyl/N-ethyl adjacent to an activating group) is 1. The van der Waals surface area contributed by atoms with E-state index < -0.39 is 0 Å². The number of amides is 1. The third kappa shape index (κ3) is 15.3. The second-order valence-corrected chi connectivity index (χ2v) is 4.53. The zero-order chi connectivity index (χ0) is 15.1. The fourth-order valence-corrected chi connectivity index (χ4v) is 1.53. The van der Waals surface area contributed by atoms with Gasteiger partial charge in [-0.1, -0.05) is 20.8 Å². The van der Waals surface area contributed by atoms with Crippen molar-refractivity contribution in [2.45, 2.75) is 33.6 Å². The van der Waals surface area contributed by atoms with Crippen LogP contribution in [0.4, 0.5) is 0 Å². The molecule has 0 aliphatic rings. The first kappa shape index (κ1) is 20.7. The summed E-state index contributed by atoms with van der Waals surface area (Å²) in [4.78, 5) is 15.7. The van der Waals surface area contributed by atoms with E-state index in [9.17, 15) is 4.79 Å². The van der Waals surface area contributed by atoms with E-state index >= 15 is 0 Å². The molecule has 0 aromatic rings. The number of carbonyl (C=O) groups excluding carboxylic acids is 1. The van der Waals surface area contributed by atoms with Crippen molar-refractivity contribution in [3.8, 4) is 0 Å². The van der Waals surface area contributed by atoms with E-state index in [1.54, 1.807) is 0 Å². The van der Waals surface area contributed by atoms with Gasteiger partial charge in [-0.25, -0.2) is 0 Å². The van der Waals surface area contributed by atoms with Gasteiger partial charge in [0.05, 0.1) is 0 Å². The summed E-state index contributed by atoms with van der Waals surface area (Å²) in [5.41, 5.74) is 5.57. The van der Waals surface area contributed by atoms with Crippen LogP contribution in [0.1, 0.15) is 36.5 Å². The summed E-state index contributed by atoms with van der Waals surface area (Å²) in [5.74, 6) is 0.146. The Morgan fingerprint density at radius 3 is 2.26 bits per heavy atom. The van der Waals surface area contributed by atoms with Gasteiger partial charge < -0.3 is 16.0 Å². The Hall–Kier alpha value is -0.650. The molecule has 0 aromatic heterocycles. The number of hydrogen-bond donors (Lipinski definition) is 2. The number of nitrogens with one attached hydrogen (secondary N) is 1. The molecule has 5 nitrogen and oxygen atoms in total. The van der Waals surface area contributed by atoms with E-state index in [4.69, 9.17) is 5.73 Å². The maximum Gasteiger partial charge on any atom is 0.220 e. The minimum Gasteiger partial charge on any atom is -0.355 e. The summed E-state index contributed by atoms with van der Waals surface area (Å²) in [7, 11) is 4.12. The molecule has 0 aliphatic heterocycles. The van der Waals surface area contributed by atoms with Crippen molar-refractivity contribution in [1.29, 1.82) is 0 Å². The smallest absolute Gasteiger partial charge is 0.220 e. The highest BCUT2D eigenvalue weighted by molar-refractivity contribution is 5.75. The lowest BCUT2D eigenvalue weighted by molar-refractivity contribution is -0.121. The van der Waals surface area contributed by atoms with Crippen molar-refractivity contribution in [2.24, 2.45) is 5.73 Å². The lowest BCUT2D eigenvalue weighted by Gasteiger charge is -2.23.